The lowest BCUT2D eigenvalue weighted by atomic mass is 10.1. The quantitative estimate of drug-likeness (QED) is 0.853. The summed E-state index contributed by atoms with van der Waals surface area (Å²) in [6.45, 7) is 2.15. The zero-order chi connectivity index (χ0) is 14.7. The number of ether oxygens (including phenoxy) is 1. The Kier molecular flexibility index (Phi) is 4.22. The monoisotopic (exact) mass is 290 g/mol. The Hall–Kier alpha value is -1.85. The molecule has 0 aromatic carbocycles. The van der Waals surface area contributed by atoms with Gasteiger partial charge in [0.25, 0.3) is 0 Å². The summed E-state index contributed by atoms with van der Waals surface area (Å²) in [5.41, 5.74) is 0. The van der Waals surface area contributed by atoms with Crippen LogP contribution in [0.15, 0.2) is 12.4 Å². The van der Waals surface area contributed by atoms with Crippen molar-refractivity contribution >= 4 is 17.6 Å². The number of carbonyl (C=O) groups excluding carboxylic acids is 1. The van der Waals surface area contributed by atoms with Gasteiger partial charge in [-0.15, -0.1) is 0 Å². The number of hydrogen-bond donors (Lipinski definition) is 1. The summed E-state index contributed by atoms with van der Waals surface area (Å²) in [7, 11) is 1.45. The molecule has 1 N–H and O–H groups in total. The van der Waals surface area contributed by atoms with Crippen molar-refractivity contribution in [3.05, 3.63) is 12.4 Å². The van der Waals surface area contributed by atoms with Crippen LogP contribution in [0.5, 0.6) is 0 Å². The Morgan fingerprint density at radius 3 is 2.90 bits per heavy atom. The number of anilines is 2. The molecule has 2 aliphatic rings. The molecule has 21 heavy (non-hydrogen) atoms. The molecule has 0 spiro atoms. The zero-order valence-electron chi connectivity index (χ0n) is 12.4. The number of methoxy groups -OCH3 is 1. The lowest BCUT2D eigenvalue weighted by molar-refractivity contribution is -0.145. The van der Waals surface area contributed by atoms with Gasteiger partial charge in [0.1, 0.15) is 18.0 Å². The third kappa shape index (κ3) is 3.25. The standard InChI is InChI=1S/C15H22N4O2/c1-21-15(20)11-4-5-12(8-11)18-13-9-14(17-10-16-13)19-6-2-3-7-19/h9-12H,2-8H2,1H3,(H,16,17,18)/t11-,12+/m0/s1. The van der Waals surface area contributed by atoms with Crippen molar-refractivity contribution < 1.29 is 9.53 Å². The lowest BCUT2D eigenvalue weighted by Gasteiger charge is -2.18. The third-order valence-electron chi connectivity index (χ3n) is 4.40. The Balaban J connectivity index is 1.60. The maximum atomic E-state index is 11.6. The van der Waals surface area contributed by atoms with Crippen LogP contribution in [0.2, 0.25) is 0 Å². The number of carbonyl (C=O) groups is 1. The van der Waals surface area contributed by atoms with Crippen molar-refractivity contribution in [2.45, 2.75) is 38.1 Å². The SMILES string of the molecule is COC(=O)[C@H]1CC[C@@H](Nc2cc(N3CCCC3)ncn2)C1. The number of nitrogens with one attached hydrogen (secondary N) is 1. The van der Waals surface area contributed by atoms with Crippen molar-refractivity contribution in [1.29, 1.82) is 0 Å². The number of aromatic nitrogens is 2. The minimum atomic E-state index is -0.0975. The molecule has 0 radical (unpaired) electrons. The second kappa shape index (κ2) is 6.28. The van der Waals surface area contributed by atoms with Crippen LogP contribution >= 0.6 is 0 Å². The first-order valence-corrected chi connectivity index (χ1v) is 7.67. The van der Waals surface area contributed by atoms with Gasteiger partial charge in [0, 0.05) is 25.2 Å². The van der Waals surface area contributed by atoms with Gasteiger partial charge in [-0.1, -0.05) is 0 Å². The molecular formula is C15H22N4O2. The van der Waals surface area contributed by atoms with Crippen molar-refractivity contribution in [1.82, 2.24) is 9.97 Å². The fourth-order valence-electron chi connectivity index (χ4n) is 3.25. The first-order chi connectivity index (χ1) is 10.3. The van der Waals surface area contributed by atoms with Gasteiger partial charge in [-0.3, -0.25) is 4.79 Å². The zero-order valence-corrected chi connectivity index (χ0v) is 12.4. The van der Waals surface area contributed by atoms with Gasteiger partial charge in [-0.25, -0.2) is 9.97 Å². The maximum absolute atomic E-state index is 11.6. The van der Waals surface area contributed by atoms with Gasteiger partial charge >= 0.3 is 5.97 Å². The minimum Gasteiger partial charge on any atom is -0.469 e. The van der Waals surface area contributed by atoms with Gasteiger partial charge in [0.2, 0.25) is 0 Å². The van der Waals surface area contributed by atoms with Crippen molar-refractivity contribution in [3.8, 4) is 0 Å². The first kappa shape index (κ1) is 14.1. The molecule has 6 nitrogen and oxygen atoms in total. The highest BCUT2D eigenvalue weighted by Crippen LogP contribution is 2.29. The van der Waals surface area contributed by atoms with Crippen molar-refractivity contribution in [2.75, 3.05) is 30.4 Å². The predicted octanol–water partition coefficient (Wildman–Crippen LogP) is 1.83. The summed E-state index contributed by atoms with van der Waals surface area (Å²) < 4.78 is 4.82. The molecule has 2 fully saturated rings. The highest BCUT2D eigenvalue weighted by molar-refractivity contribution is 5.72. The number of nitrogens with zero attached hydrogens (tertiary/aromatic N) is 3. The van der Waals surface area contributed by atoms with Crippen LogP contribution in [0.3, 0.4) is 0 Å². The summed E-state index contributed by atoms with van der Waals surface area (Å²) >= 11 is 0. The second-order valence-electron chi connectivity index (χ2n) is 5.83. The number of rotatable bonds is 4. The van der Waals surface area contributed by atoms with Crippen LogP contribution < -0.4 is 10.2 Å². The Labute approximate surface area is 124 Å². The predicted molar refractivity (Wildman–Crippen MR) is 80.2 cm³/mol. The first-order valence-electron chi connectivity index (χ1n) is 7.67. The molecule has 2 atom stereocenters. The molecule has 0 unspecified atom stereocenters. The summed E-state index contributed by atoms with van der Waals surface area (Å²) in [6, 6.07) is 2.30. The molecule has 1 aliphatic carbocycles. The fraction of sp³-hybridized carbons (Fsp3) is 0.667. The number of hydrogen-bond acceptors (Lipinski definition) is 6. The average molecular weight is 290 g/mol. The molecule has 3 rings (SSSR count). The van der Waals surface area contributed by atoms with E-state index in [1.807, 2.05) is 6.07 Å². The minimum absolute atomic E-state index is 0.0207. The Morgan fingerprint density at radius 2 is 2.14 bits per heavy atom. The molecule has 1 saturated heterocycles. The summed E-state index contributed by atoms with van der Waals surface area (Å²) in [6.07, 6.45) is 6.75. The topological polar surface area (TPSA) is 67.3 Å². The van der Waals surface area contributed by atoms with E-state index in [0.717, 1.165) is 44.0 Å². The van der Waals surface area contributed by atoms with Crippen LogP contribution in [0.4, 0.5) is 11.6 Å². The second-order valence-corrected chi connectivity index (χ2v) is 5.83. The largest absolute Gasteiger partial charge is 0.469 e. The Morgan fingerprint density at radius 1 is 1.33 bits per heavy atom. The molecule has 1 aromatic heterocycles. The maximum Gasteiger partial charge on any atom is 0.308 e. The molecule has 1 aliphatic heterocycles. The van der Waals surface area contributed by atoms with E-state index < -0.39 is 0 Å². The van der Waals surface area contributed by atoms with E-state index in [1.165, 1.54) is 20.0 Å². The smallest absolute Gasteiger partial charge is 0.308 e. The molecule has 114 valence electrons. The van der Waals surface area contributed by atoms with E-state index in [-0.39, 0.29) is 17.9 Å². The van der Waals surface area contributed by atoms with Gasteiger partial charge in [0.05, 0.1) is 13.0 Å². The summed E-state index contributed by atoms with van der Waals surface area (Å²) in [4.78, 5) is 22.5. The molecule has 0 amide bonds. The van der Waals surface area contributed by atoms with Crippen molar-refractivity contribution in [2.24, 2.45) is 5.92 Å². The third-order valence-corrected chi connectivity index (χ3v) is 4.40. The number of esters is 1. The normalized spacial score (nSPS) is 25.1. The van der Waals surface area contributed by atoms with Gasteiger partial charge in [-0.05, 0) is 32.1 Å². The van der Waals surface area contributed by atoms with Crippen molar-refractivity contribution in [3.63, 3.8) is 0 Å². The molecule has 1 saturated carbocycles. The highest BCUT2D eigenvalue weighted by atomic mass is 16.5. The van der Waals surface area contributed by atoms with Gasteiger partial charge < -0.3 is 15.0 Å². The summed E-state index contributed by atoms with van der Waals surface area (Å²) in [5, 5.41) is 3.43. The van der Waals surface area contributed by atoms with Crippen LogP contribution in [0, 0.1) is 5.92 Å². The highest BCUT2D eigenvalue weighted by Gasteiger charge is 2.30. The van der Waals surface area contributed by atoms with Crippen LogP contribution in [0.25, 0.3) is 0 Å². The van der Waals surface area contributed by atoms with Crippen LogP contribution in [0.1, 0.15) is 32.1 Å². The molecule has 2 heterocycles. The van der Waals surface area contributed by atoms with E-state index in [4.69, 9.17) is 4.74 Å². The molecule has 1 aromatic rings. The van der Waals surface area contributed by atoms with E-state index >= 15 is 0 Å². The summed E-state index contributed by atoms with van der Waals surface area (Å²) in [5.74, 6) is 1.77. The van der Waals surface area contributed by atoms with Gasteiger partial charge in [-0.2, -0.15) is 0 Å². The average Bonchev–Trinajstić information content (AvgIpc) is 3.18. The molecular weight excluding hydrogens is 268 g/mol. The van der Waals surface area contributed by atoms with E-state index in [9.17, 15) is 4.79 Å². The molecule has 6 heteroatoms. The van der Waals surface area contributed by atoms with E-state index in [0.29, 0.717) is 0 Å². The Bertz CT molecular complexity index is 502. The van der Waals surface area contributed by atoms with Crippen LogP contribution in [-0.2, 0) is 9.53 Å². The van der Waals surface area contributed by atoms with E-state index in [2.05, 4.69) is 20.2 Å². The lowest BCUT2D eigenvalue weighted by Crippen LogP contribution is -2.21. The van der Waals surface area contributed by atoms with Gasteiger partial charge in [0.15, 0.2) is 0 Å². The fourth-order valence-corrected chi connectivity index (χ4v) is 3.25. The molecule has 0 bridgehead atoms. The van der Waals surface area contributed by atoms with Crippen LogP contribution in [-0.4, -0.2) is 42.2 Å². The van der Waals surface area contributed by atoms with E-state index in [1.54, 1.807) is 6.33 Å².